The maximum absolute atomic E-state index is 5.75. The van der Waals surface area contributed by atoms with Gasteiger partial charge in [-0.15, -0.1) is 0 Å². The lowest BCUT2D eigenvalue weighted by atomic mass is 9.94. The van der Waals surface area contributed by atoms with Crippen molar-refractivity contribution in [3.8, 4) is 0 Å². The zero-order valence-electron chi connectivity index (χ0n) is 10.7. The second-order valence-electron chi connectivity index (χ2n) is 4.69. The van der Waals surface area contributed by atoms with Crippen molar-refractivity contribution in [2.45, 2.75) is 18.9 Å². The second kappa shape index (κ2) is 5.38. The number of benzene rings is 1. The lowest BCUT2D eigenvalue weighted by Gasteiger charge is -2.23. The van der Waals surface area contributed by atoms with Crippen molar-refractivity contribution in [2.75, 3.05) is 6.61 Å². The maximum Gasteiger partial charge on any atom is 0.0876 e. The van der Waals surface area contributed by atoms with Gasteiger partial charge in [0.2, 0.25) is 0 Å². The Balaban J connectivity index is 2.08. The smallest absolute Gasteiger partial charge is 0.0876 e. The van der Waals surface area contributed by atoms with Gasteiger partial charge in [0.25, 0.3) is 0 Å². The molecule has 19 heavy (non-hydrogen) atoms. The zero-order chi connectivity index (χ0) is 13.1. The van der Waals surface area contributed by atoms with Crippen LogP contribution in [0.5, 0.6) is 0 Å². The number of nitrogens with one attached hydrogen (secondary N) is 1. The predicted octanol–water partition coefficient (Wildman–Crippen LogP) is 2.43. The first-order valence-corrected chi connectivity index (χ1v) is 6.50. The minimum absolute atomic E-state index is 0.0427. The molecule has 0 saturated heterocycles. The first kappa shape index (κ1) is 12.1. The predicted molar refractivity (Wildman–Crippen MR) is 75.1 cm³/mol. The standard InChI is InChI=1S/C15H17N3O/c16-18-15(12-6-3-9-19-10-12)13-7-1-4-11-5-2-8-17-14(11)13/h1-2,4-5,7-8,10,15,18H,3,6,9,16H2. The molecule has 0 radical (unpaired) electrons. The molecule has 0 aliphatic carbocycles. The number of hydrogen-bond acceptors (Lipinski definition) is 4. The second-order valence-corrected chi connectivity index (χ2v) is 4.69. The molecule has 1 aliphatic rings. The average molecular weight is 255 g/mol. The number of hydrazine groups is 1. The van der Waals surface area contributed by atoms with Crippen LogP contribution in [0.2, 0.25) is 0 Å². The normalized spacial score (nSPS) is 16.8. The van der Waals surface area contributed by atoms with E-state index >= 15 is 0 Å². The number of nitrogens with two attached hydrogens (primary N) is 1. The van der Waals surface area contributed by atoms with Crippen molar-refractivity contribution in [3.05, 3.63) is 53.9 Å². The molecule has 2 aromatic rings. The van der Waals surface area contributed by atoms with Gasteiger partial charge in [0.15, 0.2) is 0 Å². The summed E-state index contributed by atoms with van der Waals surface area (Å²) in [6.07, 6.45) is 5.67. The van der Waals surface area contributed by atoms with Gasteiger partial charge < -0.3 is 4.74 Å². The van der Waals surface area contributed by atoms with Crippen LogP contribution in [0.3, 0.4) is 0 Å². The summed E-state index contributed by atoms with van der Waals surface area (Å²) in [6.45, 7) is 0.786. The van der Waals surface area contributed by atoms with Crippen LogP contribution in [-0.2, 0) is 4.74 Å². The molecule has 3 rings (SSSR count). The zero-order valence-corrected chi connectivity index (χ0v) is 10.7. The third kappa shape index (κ3) is 2.32. The summed E-state index contributed by atoms with van der Waals surface area (Å²) >= 11 is 0. The van der Waals surface area contributed by atoms with Crippen molar-refractivity contribution in [1.82, 2.24) is 10.4 Å². The molecular formula is C15H17N3O. The lowest BCUT2D eigenvalue weighted by molar-refractivity contribution is 0.219. The molecule has 1 aromatic heterocycles. The third-order valence-corrected chi connectivity index (χ3v) is 3.47. The highest BCUT2D eigenvalue weighted by atomic mass is 16.5. The van der Waals surface area contributed by atoms with Crippen LogP contribution in [0.25, 0.3) is 10.9 Å². The summed E-state index contributed by atoms with van der Waals surface area (Å²) in [5, 5.41) is 1.12. The van der Waals surface area contributed by atoms with Crippen LogP contribution in [-0.4, -0.2) is 11.6 Å². The van der Waals surface area contributed by atoms with Crippen LogP contribution in [0.4, 0.5) is 0 Å². The summed E-state index contributed by atoms with van der Waals surface area (Å²) in [5.74, 6) is 5.75. The van der Waals surface area contributed by atoms with Gasteiger partial charge in [-0.25, -0.2) is 5.43 Å². The van der Waals surface area contributed by atoms with E-state index in [1.54, 1.807) is 0 Å². The summed E-state index contributed by atoms with van der Waals surface area (Å²) in [6, 6.07) is 10.1. The number of fused-ring (bicyclic) bond motifs is 1. The van der Waals surface area contributed by atoms with Gasteiger partial charge in [-0.1, -0.05) is 24.3 Å². The number of aromatic nitrogens is 1. The molecule has 1 aromatic carbocycles. The van der Waals surface area contributed by atoms with E-state index in [-0.39, 0.29) is 6.04 Å². The number of ether oxygens (including phenoxy) is 1. The highest BCUT2D eigenvalue weighted by Gasteiger charge is 2.20. The Morgan fingerprint density at radius 2 is 2.16 bits per heavy atom. The van der Waals surface area contributed by atoms with Crippen molar-refractivity contribution in [2.24, 2.45) is 5.84 Å². The van der Waals surface area contributed by atoms with Gasteiger partial charge in [0, 0.05) is 17.1 Å². The molecule has 0 bridgehead atoms. The van der Waals surface area contributed by atoms with E-state index in [1.165, 1.54) is 5.57 Å². The van der Waals surface area contributed by atoms with Crippen molar-refractivity contribution in [3.63, 3.8) is 0 Å². The molecular weight excluding hydrogens is 238 g/mol. The average Bonchev–Trinajstić information content (AvgIpc) is 2.49. The van der Waals surface area contributed by atoms with Gasteiger partial charge in [-0.05, 0) is 24.5 Å². The molecule has 4 heteroatoms. The number of para-hydroxylation sites is 1. The largest absolute Gasteiger partial charge is 0.501 e. The molecule has 0 amide bonds. The van der Waals surface area contributed by atoms with Crippen LogP contribution < -0.4 is 11.3 Å². The van der Waals surface area contributed by atoms with Crippen LogP contribution in [0, 0.1) is 0 Å². The van der Waals surface area contributed by atoms with E-state index in [2.05, 4.69) is 28.6 Å². The molecule has 3 N–H and O–H groups in total. The molecule has 98 valence electrons. The third-order valence-electron chi connectivity index (χ3n) is 3.47. The van der Waals surface area contributed by atoms with Crippen LogP contribution >= 0.6 is 0 Å². The molecule has 2 heterocycles. The SMILES string of the molecule is NNC(C1=COCCC1)c1cccc2cccnc12. The summed E-state index contributed by atoms with van der Waals surface area (Å²) in [7, 11) is 0. The fourth-order valence-corrected chi connectivity index (χ4v) is 2.55. The maximum atomic E-state index is 5.75. The Hall–Kier alpha value is -1.91. The van der Waals surface area contributed by atoms with Crippen molar-refractivity contribution >= 4 is 10.9 Å². The topological polar surface area (TPSA) is 60.2 Å². The molecule has 1 unspecified atom stereocenters. The summed E-state index contributed by atoms with van der Waals surface area (Å²) < 4.78 is 5.42. The minimum atomic E-state index is -0.0427. The number of nitrogens with zero attached hydrogens (tertiary/aromatic N) is 1. The van der Waals surface area contributed by atoms with E-state index in [0.717, 1.165) is 35.9 Å². The van der Waals surface area contributed by atoms with Crippen LogP contribution in [0.1, 0.15) is 24.4 Å². The van der Waals surface area contributed by atoms with Crippen molar-refractivity contribution in [1.29, 1.82) is 0 Å². The Kier molecular flexibility index (Phi) is 3.44. The Morgan fingerprint density at radius 1 is 1.26 bits per heavy atom. The van der Waals surface area contributed by atoms with E-state index in [9.17, 15) is 0 Å². The van der Waals surface area contributed by atoms with E-state index in [1.807, 2.05) is 24.6 Å². The molecule has 4 nitrogen and oxygen atoms in total. The molecule has 1 atom stereocenters. The Morgan fingerprint density at radius 3 is 2.95 bits per heavy atom. The van der Waals surface area contributed by atoms with Gasteiger partial charge in [0.05, 0.1) is 24.4 Å². The Bertz CT molecular complexity index is 604. The number of hydrogen-bond donors (Lipinski definition) is 2. The summed E-state index contributed by atoms with van der Waals surface area (Å²) in [5.41, 5.74) is 6.15. The Labute approximate surface area is 112 Å². The monoisotopic (exact) mass is 255 g/mol. The van der Waals surface area contributed by atoms with Gasteiger partial charge >= 0.3 is 0 Å². The first-order chi connectivity index (χ1) is 9.40. The van der Waals surface area contributed by atoms with Crippen LogP contribution in [0.15, 0.2) is 48.4 Å². The first-order valence-electron chi connectivity index (χ1n) is 6.50. The highest BCUT2D eigenvalue weighted by Crippen LogP contribution is 2.30. The van der Waals surface area contributed by atoms with E-state index < -0.39 is 0 Å². The lowest BCUT2D eigenvalue weighted by Crippen LogP contribution is -2.30. The number of pyridine rings is 1. The molecule has 1 aliphatic heterocycles. The number of rotatable bonds is 3. The molecule has 0 spiro atoms. The fraction of sp³-hybridized carbons (Fsp3) is 0.267. The summed E-state index contributed by atoms with van der Waals surface area (Å²) in [4.78, 5) is 4.48. The van der Waals surface area contributed by atoms with E-state index in [0.29, 0.717) is 0 Å². The van der Waals surface area contributed by atoms with E-state index in [4.69, 9.17) is 10.6 Å². The quantitative estimate of drug-likeness (QED) is 0.653. The minimum Gasteiger partial charge on any atom is -0.501 e. The van der Waals surface area contributed by atoms with Gasteiger partial charge in [-0.3, -0.25) is 10.8 Å². The van der Waals surface area contributed by atoms with Gasteiger partial charge in [-0.2, -0.15) is 0 Å². The highest BCUT2D eigenvalue weighted by molar-refractivity contribution is 5.82. The fourth-order valence-electron chi connectivity index (χ4n) is 2.55. The van der Waals surface area contributed by atoms with Crippen molar-refractivity contribution < 1.29 is 4.74 Å². The molecule has 0 saturated carbocycles. The molecule has 0 fully saturated rings. The van der Waals surface area contributed by atoms with Gasteiger partial charge in [0.1, 0.15) is 0 Å².